The molecule has 1 amide bonds. The van der Waals surface area contributed by atoms with Gasteiger partial charge in [0.1, 0.15) is 11.6 Å². The van der Waals surface area contributed by atoms with E-state index in [4.69, 9.17) is 11.6 Å². The molecule has 0 aliphatic rings. The highest BCUT2D eigenvalue weighted by Gasteiger charge is 2.13. The van der Waals surface area contributed by atoms with E-state index in [1.54, 1.807) is 12.1 Å². The molecule has 2 rings (SSSR count). The molecule has 0 aliphatic carbocycles. The van der Waals surface area contributed by atoms with E-state index < -0.39 is 17.5 Å². The Kier molecular flexibility index (Phi) is 6.27. The van der Waals surface area contributed by atoms with E-state index in [1.165, 1.54) is 11.3 Å². The van der Waals surface area contributed by atoms with Crippen molar-refractivity contribution in [2.45, 2.75) is 6.54 Å². The lowest BCUT2D eigenvalue weighted by Crippen LogP contribution is -2.33. The number of amides is 1. The highest BCUT2D eigenvalue weighted by atomic mass is 35.5. The Balaban J connectivity index is 1.99. The van der Waals surface area contributed by atoms with Crippen molar-refractivity contribution in [3.8, 4) is 0 Å². The number of hydrogen-bond donors (Lipinski definition) is 1. The highest BCUT2D eigenvalue weighted by Crippen LogP contribution is 2.22. The van der Waals surface area contributed by atoms with E-state index in [1.807, 2.05) is 11.0 Å². The second-order valence-electron chi connectivity index (χ2n) is 4.84. The molecule has 1 heterocycles. The summed E-state index contributed by atoms with van der Waals surface area (Å²) in [7, 11) is 0. The van der Waals surface area contributed by atoms with Gasteiger partial charge in [0.2, 0.25) is 5.91 Å². The summed E-state index contributed by atoms with van der Waals surface area (Å²) in [5, 5.41) is 2.38. The topological polar surface area (TPSA) is 32.3 Å². The first-order chi connectivity index (χ1) is 11.0. The van der Waals surface area contributed by atoms with Crippen LogP contribution < -0.4 is 5.32 Å². The van der Waals surface area contributed by atoms with Crippen LogP contribution in [0.2, 0.25) is 4.34 Å². The average molecular weight is 357 g/mol. The third-order valence-corrected chi connectivity index (χ3v) is 4.18. The molecule has 0 fully saturated rings. The maximum atomic E-state index is 13.5. The average Bonchev–Trinajstić information content (AvgIpc) is 2.88. The molecule has 0 radical (unpaired) electrons. The summed E-state index contributed by atoms with van der Waals surface area (Å²) >= 11 is 7.32. The summed E-state index contributed by atoms with van der Waals surface area (Å²) in [6.45, 7) is 4.68. The number of carbonyl (C=O) groups is 1. The van der Waals surface area contributed by atoms with Gasteiger partial charge in [0.05, 0.1) is 16.6 Å². The molecule has 1 aromatic heterocycles. The van der Waals surface area contributed by atoms with Gasteiger partial charge in [-0.25, -0.2) is 8.78 Å². The standard InChI is InChI=1S/C16H15ClF2N2OS/c1-2-7-21(9-12-4-6-15(17)23-12)10-16(22)20-14-8-11(18)3-5-13(14)19/h2-6,8H,1,7,9-10H2,(H,20,22). The summed E-state index contributed by atoms with van der Waals surface area (Å²) in [6, 6.07) is 6.59. The van der Waals surface area contributed by atoms with Crippen LogP contribution in [0.25, 0.3) is 0 Å². The lowest BCUT2D eigenvalue weighted by molar-refractivity contribution is -0.117. The van der Waals surface area contributed by atoms with Gasteiger partial charge in [0, 0.05) is 24.0 Å². The van der Waals surface area contributed by atoms with Crippen LogP contribution in [-0.4, -0.2) is 23.9 Å². The van der Waals surface area contributed by atoms with E-state index in [-0.39, 0.29) is 12.2 Å². The van der Waals surface area contributed by atoms with Crippen LogP contribution in [0.4, 0.5) is 14.5 Å². The monoisotopic (exact) mass is 356 g/mol. The highest BCUT2D eigenvalue weighted by molar-refractivity contribution is 7.16. The number of halogens is 3. The van der Waals surface area contributed by atoms with Gasteiger partial charge in [-0.15, -0.1) is 17.9 Å². The number of rotatable bonds is 7. The third-order valence-electron chi connectivity index (χ3n) is 2.97. The fourth-order valence-electron chi connectivity index (χ4n) is 2.01. The zero-order valence-electron chi connectivity index (χ0n) is 12.2. The molecule has 0 saturated heterocycles. The quantitative estimate of drug-likeness (QED) is 0.750. The molecule has 0 aliphatic heterocycles. The van der Waals surface area contributed by atoms with E-state index >= 15 is 0 Å². The Morgan fingerprint density at radius 2 is 2.13 bits per heavy atom. The van der Waals surface area contributed by atoms with Crippen LogP contribution in [-0.2, 0) is 11.3 Å². The Labute approximate surface area is 142 Å². The van der Waals surface area contributed by atoms with E-state index in [0.29, 0.717) is 17.4 Å². The summed E-state index contributed by atoms with van der Waals surface area (Å²) < 4.78 is 27.3. The fourth-order valence-corrected chi connectivity index (χ4v) is 3.14. The molecule has 122 valence electrons. The van der Waals surface area contributed by atoms with Crippen molar-refractivity contribution in [2.24, 2.45) is 0 Å². The molecule has 23 heavy (non-hydrogen) atoms. The van der Waals surface area contributed by atoms with Crippen molar-refractivity contribution in [1.29, 1.82) is 0 Å². The normalized spacial score (nSPS) is 10.8. The van der Waals surface area contributed by atoms with Crippen molar-refractivity contribution < 1.29 is 13.6 Å². The Bertz CT molecular complexity index is 705. The van der Waals surface area contributed by atoms with Gasteiger partial charge < -0.3 is 5.32 Å². The Hall–Kier alpha value is -1.76. The van der Waals surface area contributed by atoms with Gasteiger partial charge in [-0.05, 0) is 24.3 Å². The molecule has 0 saturated carbocycles. The van der Waals surface area contributed by atoms with Crippen molar-refractivity contribution in [3.05, 3.63) is 63.8 Å². The van der Waals surface area contributed by atoms with E-state index in [9.17, 15) is 13.6 Å². The molecule has 3 nitrogen and oxygen atoms in total. The molecule has 0 bridgehead atoms. The van der Waals surface area contributed by atoms with Gasteiger partial charge in [-0.1, -0.05) is 17.7 Å². The smallest absolute Gasteiger partial charge is 0.238 e. The van der Waals surface area contributed by atoms with Gasteiger partial charge >= 0.3 is 0 Å². The second-order valence-corrected chi connectivity index (χ2v) is 6.64. The van der Waals surface area contributed by atoms with Crippen LogP contribution >= 0.6 is 22.9 Å². The van der Waals surface area contributed by atoms with Crippen molar-refractivity contribution in [2.75, 3.05) is 18.4 Å². The first-order valence-corrected chi connectivity index (χ1v) is 7.99. The van der Waals surface area contributed by atoms with Crippen LogP contribution in [0, 0.1) is 11.6 Å². The maximum Gasteiger partial charge on any atom is 0.238 e. The summed E-state index contributed by atoms with van der Waals surface area (Å²) in [4.78, 5) is 14.9. The van der Waals surface area contributed by atoms with Gasteiger partial charge in [-0.3, -0.25) is 9.69 Å². The van der Waals surface area contributed by atoms with Crippen molar-refractivity contribution >= 4 is 34.5 Å². The van der Waals surface area contributed by atoms with Crippen molar-refractivity contribution in [1.82, 2.24) is 4.90 Å². The zero-order valence-corrected chi connectivity index (χ0v) is 13.8. The minimum absolute atomic E-state index is 0.0253. The number of hydrogen-bond acceptors (Lipinski definition) is 3. The molecular formula is C16H15ClF2N2OS. The largest absolute Gasteiger partial charge is 0.322 e. The van der Waals surface area contributed by atoms with Crippen molar-refractivity contribution in [3.63, 3.8) is 0 Å². The Morgan fingerprint density at radius 3 is 2.78 bits per heavy atom. The number of benzene rings is 1. The SMILES string of the molecule is C=CCN(CC(=O)Nc1cc(F)ccc1F)Cc1ccc(Cl)s1. The molecule has 0 atom stereocenters. The fraction of sp³-hybridized carbons (Fsp3) is 0.188. The number of carbonyl (C=O) groups excluding carboxylic acids is 1. The first kappa shape index (κ1) is 17.6. The second kappa shape index (κ2) is 8.19. The van der Waals surface area contributed by atoms with Crippen LogP contribution in [0.5, 0.6) is 0 Å². The van der Waals surface area contributed by atoms with Gasteiger partial charge in [0.25, 0.3) is 0 Å². The Morgan fingerprint density at radius 1 is 1.35 bits per heavy atom. The van der Waals surface area contributed by atoms with Crippen LogP contribution in [0.15, 0.2) is 43.0 Å². The predicted octanol–water partition coefficient (Wildman–Crippen LogP) is 4.31. The molecule has 1 N–H and O–H groups in total. The molecule has 7 heteroatoms. The lowest BCUT2D eigenvalue weighted by atomic mass is 10.3. The van der Waals surface area contributed by atoms with Crippen LogP contribution in [0.3, 0.4) is 0 Å². The number of nitrogens with one attached hydrogen (secondary N) is 1. The lowest BCUT2D eigenvalue weighted by Gasteiger charge is -2.19. The molecular weight excluding hydrogens is 342 g/mol. The van der Waals surface area contributed by atoms with E-state index in [2.05, 4.69) is 11.9 Å². The van der Waals surface area contributed by atoms with Crippen LogP contribution in [0.1, 0.15) is 4.88 Å². The molecule has 1 aromatic carbocycles. The predicted molar refractivity (Wildman–Crippen MR) is 89.8 cm³/mol. The summed E-state index contributed by atoms with van der Waals surface area (Å²) in [6.07, 6.45) is 1.67. The van der Waals surface area contributed by atoms with Gasteiger partial charge in [0.15, 0.2) is 0 Å². The zero-order chi connectivity index (χ0) is 16.8. The summed E-state index contributed by atoms with van der Waals surface area (Å²) in [5.41, 5.74) is -0.173. The molecule has 2 aromatic rings. The maximum absolute atomic E-state index is 13.5. The summed E-state index contributed by atoms with van der Waals surface area (Å²) in [5.74, 6) is -1.73. The molecule has 0 unspecified atom stereocenters. The third kappa shape index (κ3) is 5.42. The molecule has 0 spiro atoms. The first-order valence-electron chi connectivity index (χ1n) is 6.80. The number of nitrogens with zero attached hydrogens (tertiary/aromatic N) is 1. The van der Waals surface area contributed by atoms with Gasteiger partial charge in [-0.2, -0.15) is 0 Å². The minimum atomic E-state index is -0.681. The number of thiophene rings is 1. The van der Waals surface area contributed by atoms with E-state index in [0.717, 1.165) is 23.1 Å². The number of anilines is 1. The minimum Gasteiger partial charge on any atom is -0.322 e.